The maximum absolute atomic E-state index is 12.2. The van der Waals surface area contributed by atoms with E-state index in [0.717, 1.165) is 41.7 Å². The van der Waals surface area contributed by atoms with E-state index in [-0.39, 0.29) is 10.2 Å². The van der Waals surface area contributed by atoms with Gasteiger partial charge in [0.25, 0.3) is 5.91 Å². The van der Waals surface area contributed by atoms with Crippen LogP contribution in [0.4, 0.5) is 5.69 Å². The van der Waals surface area contributed by atoms with Crippen molar-refractivity contribution in [2.24, 2.45) is 0 Å². The first-order valence-electron chi connectivity index (χ1n) is 8.43. The van der Waals surface area contributed by atoms with E-state index >= 15 is 0 Å². The number of hydrogen-bond acceptors (Lipinski definition) is 6. The topological polar surface area (TPSA) is 42.0 Å². The fourth-order valence-electron chi connectivity index (χ4n) is 2.80. The highest BCUT2D eigenvalue weighted by atomic mass is 32.2. The summed E-state index contributed by atoms with van der Waals surface area (Å²) in [5.41, 5.74) is 2.34. The second-order valence-electron chi connectivity index (χ2n) is 5.83. The first-order valence-corrected chi connectivity index (χ1v) is 9.65. The molecule has 136 valence electrons. The summed E-state index contributed by atoms with van der Waals surface area (Å²) in [6.45, 7) is 5.61. The van der Waals surface area contributed by atoms with E-state index in [2.05, 4.69) is 40.6 Å². The van der Waals surface area contributed by atoms with Crippen molar-refractivity contribution in [1.29, 1.82) is 0 Å². The normalized spacial score (nSPS) is 19.6. The molecule has 26 heavy (non-hydrogen) atoms. The Morgan fingerprint density at radius 2 is 1.88 bits per heavy atom. The Morgan fingerprint density at radius 1 is 1.15 bits per heavy atom. The molecule has 0 aliphatic carbocycles. The number of thiocarbonyl (C=S) groups is 1. The van der Waals surface area contributed by atoms with Crippen LogP contribution in [0.2, 0.25) is 0 Å². The van der Waals surface area contributed by atoms with Crippen molar-refractivity contribution in [3.63, 3.8) is 0 Å². The monoisotopic (exact) mass is 388 g/mol. The number of anilines is 1. The third-order valence-electron chi connectivity index (χ3n) is 4.09. The number of nitrogens with zero attached hydrogens (tertiary/aromatic N) is 2. The number of rotatable bonds is 6. The highest BCUT2D eigenvalue weighted by molar-refractivity contribution is 8.26. The molecular formula is C19H20N2O3S2. The summed E-state index contributed by atoms with van der Waals surface area (Å²) in [5, 5.41) is 0.925. The molecule has 0 spiro atoms. The van der Waals surface area contributed by atoms with Crippen LogP contribution >= 0.6 is 24.0 Å². The van der Waals surface area contributed by atoms with Crippen LogP contribution in [-0.2, 0) is 14.7 Å². The fourth-order valence-corrected chi connectivity index (χ4v) is 3.88. The number of benzene rings is 1. The smallest absolute Gasteiger partial charge is 0.293 e. The third-order valence-corrected chi connectivity index (χ3v) is 5.38. The van der Waals surface area contributed by atoms with Crippen LogP contribution in [0.5, 0.6) is 0 Å². The SMILES string of the molecule is C=COON1C(=O)C(=CC=Cc2ccc(N3CCCCC3)cc2)SC1=S. The summed E-state index contributed by atoms with van der Waals surface area (Å²) in [4.78, 5) is 24.4. The van der Waals surface area contributed by atoms with E-state index in [9.17, 15) is 4.79 Å². The molecule has 3 rings (SSSR count). The quantitative estimate of drug-likeness (QED) is 0.236. The third kappa shape index (κ3) is 4.55. The van der Waals surface area contributed by atoms with Gasteiger partial charge in [0.2, 0.25) is 0 Å². The Balaban J connectivity index is 1.61. The molecule has 0 N–H and O–H groups in total. The maximum atomic E-state index is 12.2. The lowest BCUT2D eigenvalue weighted by atomic mass is 10.1. The highest BCUT2D eigenvalue weighted by Crippen LogP contribution is 2.31. The minimum Gasteiger partial charge on any atom is -0.372 e. The number of carbonyl (C=O) groups excluding carboxylic acids is 1. The zero-order chi connectivity index (χ0) is 18.4. The van der Waals surface area contributed by atoms with Gasteiger partial charge in [-0.05, 0) is 55.3 Å². The number of piperidine rings is 1. The van der Waals surface area contributed by atoms with E-state index in [4.69, 9.17) is 17.2 Å². The lowest BCUT2D eigenvalue weighted by Gasteiger charge is -2.28. The first kappa shape index (κ1) is 18.7. The molecule has 1 aromatic rings. The fraction of sp³-hybridized carbons (Fsp3) is 0.263. The van der Waals surface area contributed by atoms with E-state index in [1.165, 1.54) is 24.9 Å². The van der Waals surface area contributed by atoms with Crippen molar-refractivity contribution in [2.75, 3.05) is 18.0 Å². The number of hydrogen-bond donors (Lipinski definition) is 0. The number of allylic oxidation sites excluding steroid dienone is 2. The van der Waals surface area contributed by atoms with Gasteiger partial charge in [-0.25, -0.2) is 0 Å². The minimum absolute atomic E-state index is 0.280. The average molecular weight is 389 g/mol. The lowest BCUT2D eigenvalue weighted by molar-refractivity contribution is -0.350. The summed E-state index contributed by atoms with van der Waals surface area (Å²) in [7, 11) is 0. The van der Waals surface area contributed by atoms with Crippen LogP contribution in [0.1, 0.15) is 24.8 Å². The van der Waals surface area contributed by atoms with Crippen molar-refractivity contribution in [3.8, 4) is 0 Å². The summed E-state index contributed by atoms with van der Waals surface area (Å²) < 4.78 is 0.280. The standard InChI is InChI=1S/C19H20N2O3S2/c1-2-23-24-21-18(22)17(26-19(21)25)8-6-7-15-9-11-16(12-10-15)20-13-4-3-5-14-20/h2,6-12H,1,3-5,13-14H2. The summed E-state index contributed by atoms with van der Waals surface area (Å²) in [5.74, 6) is -0.355. The molecule has 0 saturated carbocycles. The van der Waals surface area contributed by atoms with Gasteiger partial charge in [0, 0.05) is 18.8 Å². The van der Waals surface area contributed by atoms with Gasteiger partial charge >= 0.3 is 0 Å². The molecule has 2 aliphatic heterocycles. The summed E-state index contributed by atoms with van der Waals surface area (Å²) >= 11 is 6.25. The molecule has 2 aliphatic rings. The zero-order valence-electron chi connectivity index (χ0n) is 14.3. The van der Waals surface area contributed by atoms with Gasteiger partial charge in [-0.15, -0.1) is 5.06 Å². The van der Waals surface area contributed by atoms with E-state index < -0.39 is 0 Å². The predicted molar refractivity (Wildman–Crippen MR) is 109 cm³/mol. The van der Waals surface area contributed by atoms with Gasteiger partial charge in [-0.3, -0.25) is 4.79 Å². The van der Waals surface area contributed by atoms with Crippen molar-refractivity contribution in [1.82, 2.24) is 5.06 Å². The van der Waals surface area contributed by atoms with Gasteiger partial charge in [-0.2, -0.15) is 0 Å². The van der Waals surface area contributed by atoms with Gasteiger partial charge < -0.3 is 9.79 Å². The molecule has 2 heterocycles. The Hall–Kier alpha value is -2.09. The molecule has 0 aromatic heterocycles. The molecule has 0 unspecified atom stereocenters. The number of hydroxylamine groups is 2. The minimum atomic E-state index is -0.355. The molecule has 1 aromatic carbocycles. The molecule has 2 saturated heterocycles. The van der Waals surface area contributed by atoms with Gasteiger partial charge in [0.15, 0.2) is 4.32 Å². The van der Waals surface area contributed by atoms with Crippen LogP contribution in [0.3, 0.4) is 0 Å². The molecule has 0 atom stereocenters. The summed E-state index contributed by atoms with van der Waals surface area (Å²) in [6.07, 6.45) is 10.4. The first-order chi connectivity index (χ1) is 12.7. The van der Waals surface area contributed by atoms with E-state index in [1.807, 2.05) is 12.2 Å². The van der Waals surface area contributed by atoms with E-state index in [1.54, 1.807) is 6.08 Å². The number of thioether (sulfide) groups is 1. The van der Waals surface area contributed by atoms with Crippen molar-refractivity contribution >= 4 is 46.0 Å². The Kier molecular flexibility index (Phi) is 6.49. The van der Waals surface area contributed by atoms with Gasteiger partial charge in [0.05, 0.1) is 4.91 Å². The Labute approximate surface area is 162 Å². The largest absolute Gasteiger partial charge is 0.372 e. The molecular weight excluding hydrogens is 368 g/mol. The van der Waals surface area contributed by atoms with Crippen LogP contribution in [0.25, 0.3) is 6.08 Å². The molecule has 1 amide bonds. The highest BCUT2D eigenvalue weighted by Gasteiger charge is 2.34. The Bertz CT molecular complexity index is 738. The average Bonchev–Trinajstić information content (AvgIpc) is 2.94. The number of amides is 1. The molecule has 0 radical (unpaired) electrons. The predicted octanol–water partition coefficient (Wildman–Crippen LogP) is 4.44. The van der Waals surface area contributed by atoms with Crippen LogP contribution < -0.4 is 4.90 Å². The van der Waals surface area contributed by atoms with Crippen LogP contribution in [0.15, 0.2) is 54.2 Å². The number of carbonyl (C=O) groups is 1. The van der Waals surface area contributed by atoms with Crippen molar-refractivity contribution < 1.29 is 14.7 Å². The summed E-state index contributed by atoms with van der Waals surface area (Å²) in [6, 6.07) is 8.46. The molecule has 7 heteroatoms. The van der Waals surface area contributed by atoms with Gasteiger partial charge in [-0.1, -0.05) is 47.6 Å². The van der Waals surface area contributed by atoms with Gasteiger partial charge in [0.1, 0.15) is 6.26 Å². The molecule has 2 fully saturated rings. The Morgan fingerprint density at radius 3 is 2.58 bits per heavy atom. The van der Waals surface area contributed by atoms with E-state index in [0.29, 0.717) is 4.91 Å². The second kappa shape index (κ2) is 9.02. The van der Waals surface area contributed by atoms with Crippen molar-refractivity contribution in [2.45, 2.75) is 19.3 Å². The molecule has 0 bridgehead atoms. The lowest BCUT2D eigenvalue weighted by Crippen LogP contribution is -2.29. The van der Waals surface area contributed by atoms with Crippen LogP contribution in [-0.4, -0.2) is 28.4 Å². The second-order valence-corrected chi connectivity index (χ2v) is 7.51. The maximum Gasteiger partial charge on any atom is 0.293 e. The van der Waals surface area contributed by atoms with Crippen LogP contribution in [0, 0.1) is 0 Å². The zero-order valence-corrected chi connectivity index (χ0v) is 15.9. The van der Waals surface area contributed by atoms with Crippen molar-refractivity contribution in [3.05, 3.63) is 59.7 Å². The molecule has 5 nitrogen and oxygen atoms in total.